The molecule has 0 spiro atoms. The van der Waals surface area contributed by atoms with Crippen LogP contribution in [-0.2, 0) is 4.74 Å². The van der Waals surface area contributed by atoms with Crippen LogP contribution in [0.1, 0.15) is 21.6 Å². The third-order valence-corrected chi connectivity index (χ3v) is 6.17. The third-order valence-electron chi connectivity index (χ3n) is 6.17. The molecule has 0 aliphatic rings. The number of benzene rings is 3. The van der Waals surface area contributed by atoms with Gasteiger partial charge in [-0.05, 0) is 43.7 Å². The summed E-state index contributed by atoms with van der Waals surface area (Å²) < 4.78 is 12.6. The topological polar surface area (TPSA) is 81.7 Å². The van der Waals surface area contributed by atoms with Gasteiger partial charge in [0.25, 0.3) is 0 Å². The van der Waals surface area contributed by atoms with Crippen LogP contribution in [0.2, 0.25) is 0 Å². The molecule has 0 fully saturated rings. The van der Waals surface area contributed by atoms with Gasteiger partial charge in [-0.15, -0.1) is 0 Å². The van der Waals surface area contributed by atoms with Crippen molar-refractivity contribution in [2.45, 2.75) is 13.8 Å². The van der Waals surface area contributed by atoms with Gasteiger partial charge in [0.1, 0.15) is 16.9 Å². The smallest absolute Gasteiger partial charge is 0.348 e. The molecule has 6 heteroatoms. The summed E-state index contributed by atoms with van der Waals surface area (Å²) in [6.07, 6.45) is 0. The number of carbonyl (C=O) groups excluding carboxylic acids is 1. The quantitative estimate of drug-likeness (QED) is 0.259. The zero-order valence-corrected chi connectivity index (χ0v) is 19.5. The summed E-state index contributed by atoms with van der Waals surface area (Å²) in [5.74, 6) is -0.868. The highest BCUT2D eigenvalue weighted by molar-refractivity contribution is 6.06. The predicted octanol–water partition coefficient (Wildman–Crippen LogP) is 6.03. The van der Waals surface area contributed by atoms with Crippen LogP contribution >= 0.6 is 0 Å². The lowest BCUT2D eigenvalue weighted by atomic mass is 9.96. The number of nitrogens with zero attached hydrogens (tertiary/aromatic N) is 1. The van der Waals surface area contributed by atoms with Gasteiger partial charge in [-0.1, -0.05) is 60.2 Å². The molecule has 3 aromatic carbocycles. The fourth-order valence-electron chi connectivity index (χ4n) is 4.53. The van der Waals surface area contributed by atoms with Gasteiger partial charge >= 0.3 is 11.6 Å². The van der Waals surface area contributed by atoms with Gasteiger partial charge in [-0.3, -0.25) is 0 Å². The summed E-state index contributed by atoms with van der Waals surface area (Å²) in [4.78, 5) is 26.5. The Hall–Kier alpha value is -4.58. The summed E-state index contributed by atoms with van der Waals surface area (Å²) in [7, 11) is 1.29. The highest BCUT2D eigenvalue weighted by Gasteiger charge is 2.32. The van der Waals surface area contributed by atoms with E-state index in [1.165, 1.54) is 7.11 Å². The number of hydrogen-bond donors (Lipinski definition) is 1. The largest absolute Gasteiger partial charge is 0.506 e. The van der Waals surface area contributed by atoms with E-state index >= 15 is 0 Å². The van der Waals surface area contributed by atoms with Crippen molar-refractivity contribution < 1.29 is 19.1 Å². The Morgan fingerprint density at radius 1 is 0.886 bits per heavy atom. The Bertz CT molecular complexity index is 1630. The van der Waals surface area contributed by atoms with Crippen molar-refractivity contribution in [2.75, 3.05) is 7.11 Å². The standard InChI is InChI=1S/C29H23NO5/c1-17-13-15-20(16-14-17)30-18(2)23(28(32)34-3)24(26(30)19-9-5-4-6-10-19)25-27(31)21-11-7-8-12-22(21)35-29(25)33/h4-16,31H,1-3H3. The van der Waals surface area contributed by atoms with Crippen molar-refractivity contribution in [1.82, 2.24) is 4.57 Å². The van der Waals surface area contributed by atoms with Gasteiger partial charge in [0.2, 0.25) is 0 Å². The van der Waals surface area contributed by atoms with E-state index in [0.29, 0.717) is 16.8 Å². The maximum Gasteiger partial charge on any atom is 0.348 e. The van der Waals surface area contributed by atoms with Crippen molar-refractivity contribution in [3.05, 3.63) is 106 Å². The van der Waals surface area contributed by atoms with E-state index in [2.05, 4.69) is 0 Å². The highest BCUT2D eigenvalue weighted by Crippen LogP contribution is 2.44. The number of aromatic hydroxyl groups is 1. The lowest BCUT2D eigenvalue weighted by Crippen LogP contribution is -2.09. The van der Waals surface area contributed by atoms with Crippen LogP contribution in [0.3, 0.4) is 0 Å². The van der Waals surface area contributed by atoms with E-state index in [1.807, 2.05) is 66.1 Å². The van der Waals surface area contributed by atoms with Crippen LogP contribution in [0.4, 0.5) is 0 Å². The molecule has 174 valence electrons. The number of methoxy groups -OCH3 is 1. The zero-order valence-electron chi connectivity index (χ0n) is 19.5. The van der Waals surface area contributed by atoms with Crippen molar-refractivity contribution in [3.63, 3.8) is 0 Å². The fraction of sp³-hybridized carbons (Fsp3) is 0.103. The molecule has 5 rings (SSSR count). The minimum absolute atomic E-state index is 0.0862. The molecule has 0 bridgehead atoms. The van der Waals surface area contributed by atoms with Gasteiger partial charge in [0.15, 0.2) is 0 Å². The summed E-state index contributed by atoms with van der Waals surface area (Å²) in [6.45, 7) is 3.79. The third kappa shape index (κ3) is 3.60. The Kier molecular flexibility index (Phi) is 5.49. The Morgan fingerprint density at radius 3 is 2.23 bits per heavy atom. The zero-order chi connectivity index (χ0) is 24.7. The Balaban J connectivity index is 2.00. The summed E-state index contributed by atoms with van der Waals surface area (Å²) in [5, 5.41) is 11.7. The SMILES string of the molecule is COC(=O)c1c(-c2c(O)c3ccccc3oc2=O)c(-c2ccccc2)n(-c2ccc(C)cc2)c1C. The minimum atomic E-state index is -0.746. The molecular formula is C29H23NO5. The second-order valence-electron chi connectivity index (χ2n) is 8.32. The average molecular weight is 466 g/mol. The molecule has 0 saturated heterocycles. The molecule has 6 nitrogen and oxygen atoms in total. The van der Waals surface area contributed by atoms with Gasteiger partial charge in [0.05, 0.1) is 23.8 Å². The van der Waals surface area contributed by atoms with Gasteiger partial charge in [-0.2, -0.15) is 0 Å². The van der Waals surface area contributed by atoms with Crippen LogP contribution in [0.15, 0.2) is 88.1 Å². The van der Waals surface area contributed by atoms with E-state index < -0.39 is 11.6 Å². The van der Waals surface area contributed by atoms with Crippen molar-refractivity contribution in [3.8, 4) is 33.8 Å². The molecule has 35 heavy (non-hydrogen) atoms. The first-order valence-electron chi connectivity index (χ1n) is 11.1. The van der Waals surface area contributed by atoms with E-state index in [9.17, 15) is 14.7 Å². The van der Waals surface area contributed by atoms with Gasteiger partial charge in [-0.25, -0.2) is 9.59 Å². The lowest BCUT2D eigenvalue weighted by Gasteiger charge is -2.14. The molecular weight excluding hydrogens is 442 g/mol. The first-order chi connectivity index (χ1) is 16.9. The number of aromatic nitrogens is 1. The molecule has 1 N–H and O–H groups in total. The highest BCUT2D eigenvalue weighted by atomic mass is 16.5. The Labute approximate surface area is 201 Å². The fourth-order valence-corrected chi connectivity index (χ4v) is 4.53. The van der Waals surface area contributed by atoms with E-state index in [0.717, 1.165) is 16.8 Å². The van der Waals surface area contributed by atoms with Crippen LogP contribution in [0.5, 0.6) is 5.75 Å². The first-order valence-corrected chi connectivity index (χ1v) is 11.1. The molecule has 0 unspecified atom stereocenters. The number of para-hydroxylation sites is 1. The summed E-state index contributed by atoms with van der Waals surface area (Å²) in [5.41, 5.74) is 3.66. The van der Waals surface area contributed by atoms with Crippen molar-refractivity contribution in [1.29, 1.82) is 0 Å². The van der Waals surface area contributed by atoms with Crippen LogP contribution in [0, 0.1) is 13.8 Å². The molecule has 0 atom stereocenters. The number of rotatable bonds is 4. The summed E-state index contributed by atoms with van der Waals surface area (Å²) >= 11 is 0. The molecule has 2 heterocycles. The second kappa shape index (κ2) is 8.65. The van der Waals surface area contributed by atoms with E-state index in [1.54, 1.807) is 31.2 Å². The van der Waals surface area contributed by atoms with E-state index in [-0.39, 0.29) is 28.0 Å². The van der Waals surface area contributed by atoms with Crippen molar-refractivity contribution >= 4 is 16.9 Å². The number of hydrogen-bond acceptors (Lipinski definition) is 5. The molecule has 0 saturated carbocycles. The lowest BCUT2D eigenvalue weighted by molar-refractivity contribution is 0.0601. The first kappa shape index (κ1) is 22.2. The number of aryl methyl sites for hydroxylation is 1. The average Bonchev–Trinajstić information content (AvgIpc) is 3.17. The molecule has 0 aliphatic heterocycles. The minimum Gasteiger partial charge on any atom is -0.506 e. The number of ether oxygens (including phenoxy) is 1. The Morgan fingerprint density at radius 2 is 1.54 bits per heavy atom. The van der Waals surface area contributed by atoms with Crippen LogP contribution in [-0.4, -0.2) is 22.8 Å². The van der Waals surface area contributed by atoms with Gasteiger partial charge < -0.3 is 18.8 Å². The molecule has 0 radical (unpaired) electrons. The predicted molar refractivity (Wildman–Crippen MR) is 135 cm³/mol. The normalized spacial score (nSPS) is 11.1. The number of fused-ring (bicyclic) bond motifs is 1. The maximum absolute atomic E-state index is 13.3. The number of carbonyl (C=O) groups is 1. The second-order valence-corrected chi connectivity index (χ2v) is 8.32. The molecule has 5 aromatic rings. The number of esters is 1. The monoisotopic (exact) mass is 465 g/mol. The van der Waals surface area contributed by atoms with Crippen molar-refractivity contribution in [2.24, 2.45) is 0 Å². The summed E-state index contributed by atoms with van der Waals surface area (Å²) in [6, 6.07) is 24.0. The molecule has 0 amide bonds. The van der Waals surface area contributed by atoms with Crippen LogP contribution < -0.4 is 5.63 Å². The maximum atomic E-state index is 13.3. The molecule has 0 aliphatic carbocycles. The van der Waals surface area contributed by atoms with E-state index in [4.69, 9.17) is 9.15 Å². The molecule has 2 aromatic heterocycles. The van der Waals surface area contributed by atoms with Gasteiger partial charge in [0, 0.05) is 16.9 Å². The van der Waals surface area contributed by atoms with Crippen LogP contribution in [0.25, 0.3) is 39.0 Å².